The molecule has 0 atom stereocenters. The van der Waals surface area contributed by atoms with Gasteiger partial charge in [0, 0.05) is 12.6 Å². The van der Waals surface area contributed by atoms with Gasteiger partial charge in [0.15, 0.2) is 11.5 Å². The average molecular weight is 268 g/mol. The third-order valence-electron chi connectivity index (χ3n) is 2.72. The van der Waals surface area contributed by atoms with Crippen LogP contribution in [0, 0.1) is 0 Å². The van der Waals surface area contributed by atoms with E-state index in [4.69, 9.17) is 26.8 Å². The van der Waals surface area contributed by atoms with Gasteiger partial charge in [-0.3, -0.25) is 0 Å². The molecule has 0 aliphatic rings. The first kappa shape index (κ1) is 12.6. The average Bonchev–Trinajstić information content (AvgIpc) is 2.70. The van der Waals surface area contributed by atoms with Gasteiger partial charge in [-0.1, -0.05) is 11.6 Å². The number of nitrogen functional groups attached to an aromatic ring is 1. The van der Waals surface area contributed by atoms with Gasteiger partial charge >= 0.3 is 0 Å². The van der Waals surface area contributed by atoms with Crippen LogP contribution in [-0.2, 0) is 7.05 Å². The molecule has 0 fully saturated rings. The predicted octanol–water partition coefficient (Wildman–Crippen LogP) is 2.34. The standard InChI is InChI=1S/C12H14ClN3O2/c1-16-6-15-10(12(16)14)7-4-5-8(17-2)11(18-3)9(7)13/h4-6H,14H2,1-3H3. The third-order valence-corrected chi connectivity index (χ3v) is 3.10. The number of ether oxygens (including phenoxy) is 2. The second-order valence-corrected chi connectivity index (χ2v) is 4.13. The monoisotopic (exact) mass is 267 g/mol. The van der Waals surface area contributed by atoms with Crippen LogP contribution in [0.15, 0.2) is 18.5 Å². The number of halogens is 1. The van der Waals surface area contributed by atoms with E-state index in [9.17, 15) is 0 Å². The van der Waals surface area contributed by atoms with Crippen LogP contribution in [0.1, 0.15) is 0 Å². The Labute approximate surface area is 110 Å². The highest BCUT2D eigenvalue weighted by Gasteiger charge is 2.18. The second-order valence-electron chi connectivity index (χ2n) is 3.75. The molecule has 6 heteroatoms. The first-order valence-corrected chi connectivity index (χ1v) is 5.65. The number of methoxy groups -OCH3 is 2. The van der Waals surface area contributed by atoms with Crippen LogP contribution in [0.4, 0.5) is 5.82 Å². The Bertz CT molecular complexity index is 581. The maximum atomic E-state index is 6.30. The summed E-state index contributed by atoms with van der Waals surface area (Å²) in [4.78, 5) is 4.23. The van der Waals surface area contributed by atoms with Crippen molar-refractivity contribution in [1.82, 2.24) is 9.55 Å². The SMILES string of the molecule is COc1ccc(-c2ncn(C)c2N)c(Cl)c1OC. The molecule has 0 unspecified atom stereocenters. The van der Waals surface area contributed by atoms with E-state index in [-0.39, 0.29) is 0 Å². The normalized spacial score (nSPS) is 10.4. The van der Waals surface area contributed by atoms with E-state index in [1.807, 2.05) is 13.1 Å². The fourth-order valence-corrected chi connectivity index (χ4v) is 2.04. The van der Waals surface area contributed by atoms with Crippen LogP contribution in [0.25, 0.3) is 11.3 Å². The molecule has 0 spiro atoms. The highest BCUT2D eigenvalue weighted by atomic mass is 35.5. The summed E-state index contributed by atoms with van der Waals surface area (Å²) in [7, 11) is 4.92. The van der Waals surface area contributed by atoms with Crippen molar-refractivity contribution in [2.24, 2.45) is 7.05 Å². The third kappa shape index (κ3) is 1.86. The second kappa shape index (κ2) is 4.78. The molecule has 1 aromatic carbocycles. The Morgan fingerprint density at radius 3 is 2.50 bits per heavy atom. The zero-order chi connectivity index (χ0) is 13.3. The van der Waals surface area contributed by atoms with E-state index in [2.05, 4.69) is 4.98 Å². The number of nitrogens with two attached hydrogens (primary N) is 1. The van der Waals surface area contributed by atoms with Crippen molar-refractivity contribution in [3.05, 3.63) is 23.5 Å². The fraction of sp³-hybridized carbons (Fsp3) is 0.250. The van der Waals surface area contributed by atoms with E-state index in [1.54, 1.807) is 24.1 Å². The van der Waals surface area contributed by atoms with Gasteiger partial charge in [0.25, 0.3) is 0 Å². The number of nitrogens with zero attached hydrogens (tertiary/aromatic N) is 2. The zero-order valence-electron chi connectivity index (χ0n) is 10.4. The molecule has 1 aromatic heterocycles. The van der Waals surface area contributed by atoms with Gasteiger partial charge in [-0.15, -0.1) is 0 Å². The van der Waals surface area contributed by atoms with Gasteiger partial charge in [-0.2, -0.15) is 0 Å². The van der Waals surface area contributed by atoms with E-state index in [0.717, 1.165) is 0 Å². The van der Waals surface area contributed by atoms with Crippen LogP contribution in [0.3, 0.4) is 0 Å². The van der Waals surface area contributed by atoms with Crippen LogP contribution >= 0.6 is 11.6 Å². The minimum Gasteiger partial charge on any atom is -0.493 e. The molecule has 0 radical (unpaired) electrons. The van der Waals surface area contributed by atoms with Crippen LogP contribution in [0.5, 0.6) is 11.5 Å². The summed E-state index contributed by atoms with van der Waals surface area (Å²) in [5, 5.41) is 0.433. The molecule has 0 amide bonds. The summed E-state index contributed by atoms with van der Waals surface area (Å²) >= 11 is 6.30. The summed E-state index contributed by atoms with van der Waals surface area (Å²) < 4.78 is 12.1. The molecule has 96 valence electrons. The maximum Gasteiger partial charge on any atom is 0.180 e. The van der Waals surface area contributed by atoms with Crippen molar-refractivity contribution < 1.29 is 9.47 Å². The highest BCUT2D eigenvalue weighted by molar-refractivity contribution is 6.35. The van der Waals surface area contributed by atoms with Crippen LogP contribution < -0.4 is 15.2 Å². The molecule has 0 saturated carbocycles. The topological polar surface area (TPSA) is 62.3 Å². The van der Waals surface area contributed by atoms with Crippen molar-refractivity contribution in [3.8, 4) is 22.8 Å². The van der Waals surface area contributed by atoms with Crippen molar-refractivity contribution in [3.63, 3.8) is 0 Å². The Kier molecular flexibility index (Phi) is 3.34. The molecule has 0 aliphatic carbocycles. The number of anilines is 1. The van der Waals surface area contributed by atoms with Crippen molar-refractivity contribution >= 4 is 17.4 Å². The lowest BCUT2D eigenvalue weighted by Crippen LogP contribution is -1.97. The Balaban J connectivity index is 2.63. The zero-order valence-corrected chi connectivity index (χ0v) is 11.2. The molecule has 1 heterocycles. The number of aromatic nitrogens is 2. The molecular formula is C12H14ClN3O2. The maximum absolute atomic E-state index is 6.30. The van der Waals surface area contributed by atoms with E-state index in [0.29, 0.717) is 33.6 Å². The number of rotatable bonds is 3. The van der Waals surface area contributed by atoms with Crippen LogP contribution in [0.2, 0.25) is 5.02 Å². The fourth-order valence-electron chi connectivity index (χ4n) is 1.72. The molecule has 18 heavy (non-hydrogen) atoms. The lowest BCUT2D eigenvalue weighted by Gasteiger charge is -2.12. The lowest BCUT2D eigenvalue weighted by atomic mass is 10.1. The number of benzene rings is 1. The Morgan fingerprint density at radius 1 is 1.28 bits per heavy atom. The van der Waals surface area contributed by atoms with E-state index in [1.165, 1.54) is 7.11 Å². The van der Waals surface area contributed by atoms with E-state index >= 15 is 0 Å². The quantitative estimate of drug-likeness (QED) is 0.927. The number of aryl methyl sites for hydroxylation is 1. The Morgan fingerprint density at radius 2 is 2.00 bits per heavy atom. The van der Waals surface area contributed by atoms with Gasteiger partial charge in [-0.25, -0.2) is 4.98 Å². The first-order chi connectivity index (χ1) is 8.60. The Hall–Kier alpha value is -1.88. The minimum absolute atomic E-state index is 0.433. The molecule has 5 nitrogen and oxygen atoms in total. The number of imidazole rings is 1. The lowest BCUT2D eigenvalue weighted by molar-refractivity contribution is 0.355. The first-order valence-electron chi connectivity index (χ1n) is 5.27. The van der Waals surface area contributed by atoms with Crippen molar-refractivity contribution in [1.29, 1.82) is 0 Å². The highest BCUT2D eigenvalue weighted by Crippen LogP contribution is 2.42. The molecule has 0 aliphatic heterocycles. The van der Waals surface area contributed by atoms with Gasteiger partial charge in [0.05, 0.1) is 25.6 Å². The summed E-state index contributed by atoms with van der Waals surface area (Å²) in [6.45, 7) is 0. The summed E-state index contributed by atoms with van der Waals surface area (Å²) in [5.74, 6) is 1.59. The molecule has 0 saturated heterocycles. The van der Waals surface area contributed by atoms with Gasteiger partial charge in [0.2, 0.25) is 0 Å². The van der Waals surface area contributed by atoms with Gasteiger partial charge in [0.1, 0.15) is 11.5 Å². The predicted molar refractivity (Wildman–Crippen MR) is 71.2 cm³/mol. The summed E-state index contributed by atoms with van der Waals surface area (Å²) in [6, 6.07) is 3.58. The minimum atomic E-state index is 0.433. The molecular weight excluding hydrogens is 254 g/mol. The molecule has 0 bridgehead atoms. The van der Waals surface area contributed by atoms with Crippen molar-refractivity contribution in [2.75, 3.05) is 20.0 Å². The summed E-state index contributed by atoms with van der Waals surface area (Å²) in [6.07, 6.45) is 1.64. The molecule has 2 rings (SSSR count). The van der Waals surface area contributed by atoms with E-state index < -0.39 is 0 Å². The smallest absolute Gasteiger partial charge is 0.180 e. The largest absolute Gasteiger partial charge is 0.493 e. The summed E-state index contributed by atoms with van der Waals surface area (Å²) in [5.41, 5.74) is 7.28. The van der Waals surface area contributed by atoms with Crippen LogP contribution in [-0.4, -0.2) is 23.8 Å². The number of hydrogen-bond acceptors (Lipinski definition) is 4. The molecule has 2 N–H and O–H groups in total. The van der Waals surface area contributed by atoms with Crippen molar-refractivity contribution in [2.45, 2.75) is 0 Å². The van der Waals surface area contributed by atoms with Gasteiger partial charge < -0.3 is 19.8 Å². The van der Waals surface area contributed by atoms with Gasteiger partial charge in [-0.05, 0) is 12.1 Å². The molecule has 2 aromatic rings. The number of hydrogen-bond donors (Lipinski definition) is 1.